The van der Waals surface area contributed by atoms with Crippen LogP contribution < -0.4 is 10.6 Å². The number of rotatable bonds is 5. The monoisotopic (exact) mass is 383 g/mol. The van der Waals surface area contributed by atoms with Gasteiger partial charge in [0.2, 0.25) is 0 Å². The molecular weight excluding hydrogens is 357 g/mol. The summed E-state index contributed by atoms with van der Waals surface area (Å²) in [6, 6.07) is 0. The zero-order valence-electron chi connectivity index (χ0n) is 11.3. The van der Waals surface area contributed by atoms with E-state index in [2.05, 4.69) is 34.3 Å². The summed E-state index contributed by atoms with van der Waals surface area (Å²) in [6.45, 7) is 5.19. The highest BCUT2D eigenvalue weighted by Gasteiger charge is 2.20. The largest absolute Gasteiger partial charge is 0.357 e. The highest BCUT2D eigenvalue weighted by molar-refractivity contribution is 14.0. The average molecular weight is 383 g/mol. The lowest BCUT2D eigenvalue weighted by molar-refractivity contribution is 0.479. The summed E-state index contributed by atoms with van der Waals surface area (Å²) in [5.41, 5.74) is 0. The van der Waals surface area contributed by atoms with Crippen molar-refractivity contribution in [3.8, 4) is 0 Å². The topological polar surface area (TPSA) is 36.4 Å². The lowest BCUT2D eigenvalue weighted by Crippen LogP contribution is -2.40. The van der Waals surface area contributed by atoms with Crippen LogP contribution in [0.25, 0.3) is 0 Å². The van der Waals surface area contributed by atoms with Crippen molar-refractivity contribution in [3.63, 3.8) is 0 Å². The van der Waals surface area contributed by atoms with Crippen LogP contribution in [0.5, 0.6) is 0 Å². The molecule has 0 aromatic carbocycles. The molecule has 2 fully saturated rings. The van der Waals surface area contributed by atoms with Gasteiger partial charge >= 0.3 is 0 Å². The van der Waals surface area contributed by atoms with Crippen LogP contribution in [0.2, 0.25) is 0 Å². The van der Waals surface area contributed by atoms with Gasteiger partial charge in [-0.3, -0.25) is 4.99 Å². The van der Waals surface area contributed by atoms with Crippen molar-refractivity contribution in [1.29, 1.82) is 0 Å². The standard InChI is InChI=1S/C13H25N3S.HI/c1-2-14-13(15-9-11-3-4-11)16-10-12-5-7-17-8-6-12;/h11-12H,2-10H2,1H3,(H2,14,15,16);1H. The maximum Gasteiger partial charge on any atom is 0.191 e. The van der Waals surface area contributed by atoms with Crippen LogP contribution in [0.4, 0.5) is 0 Å². The minimum Gasteiger partial charge on any atom is -0.357 e. The number of thioether (sulfide) groups is 1. The molecule has 1 saturated carbocycles. The third-order valence-electron chi connectivity index (χ3n) is 3.45. The molecule has 1 heterocycles. The van der Waals surface area contributed by atoms with Gasteiger partial charge in [-0.05, 0) is 55.9 Å². The van der Waals surface area contributed by atoms with Crippen molar-refractivity contribution in [2.24, 2.45) is 16.8 Å². The Morgan fingerprint density at radius 1 is 1.11 bits per heavy atom. The number of hydrogen-bond donors (Lipinski definition) is 2. The molecular formula is C13H26IN3S. The van der Waals surface area contributed by atoms with Crippen LogP contribution in [0.1, 0.15) is 32.6 Å². The second kappa shape index (κ2) is 9.28. The van der Waals surface area contributed by atoms with Crippen LogP contribution in [0.3, 0.4) is 0 Å². The third-order valence-corrected chi connectivity index (χ3v) is 4.50. The van der Waals surface area contributed by atoms with Crippen molar-refractivity contribution in [2.45, 2.75) is 32.6 Å². The van der Waals surface area contributed by atoms with Crippen molar-refractivity contribution in [1.82, 2.24) is 10.6 Å². The predicted octanol–water partition coefficient (Wildman–Crippen LogP) is 2.71. The molecule has 106 valence electrons. The summed E-state index contributed by atoms with van der Waals surface area (Å²) in [6.07, 6.45) is 5.48. The van der Waals surface area contributed by atoms with E-state index in [1.807, 2.05) is 0 Å². The highest BCUT2D eigenvalue weighted by atomic mass is 127. The summed E-state index contributed by atoms with van der Waals surface area (Å²) < 4.78 is 0. The van der Waals surface area contributed by atoms with E-state index in [0.717, 1.165) is 37.4 Å². The summed E-state index contributed by atoms with van der Waals surface area (Å²) >= 11 is 2.09. The molecule has 1 saturated heterocycles. The van der Waals surface area contributed by atoms with Gasteiger partial charge in [-0.15, -0.1) is 24.0 Å². The molecule has 0 bridgehead atoms. The number of nitrogens with zero attached hydrogens (tertiary/aromatic N) is 1. The van der Waals surface area contributed by atoms with E-state index in [1.165, 1.54) is 37.2 Å². The quantitative estimate of drug-likeness (QED) is 0.436. The molecule has 1 aliphatic carbocycles. The Morgan fingerprint density at radius 2 is 1.83 bits per heavy atom. The van der Waals surface area contributed by atoms with Gasteiger partial charge < -0.3 is 10.6 Å². The Bertz CT molecular complexity index is 251. The molecule has 18 heavy (non-hydrogen) atoms. The molecule has 0 amide bonds. The second-order valence-electron chi connectivity index (χ2n) is 5.10. The number of nitrogens with one attached hydrogen (secondary N) is 2. The fraction of sp³-hybridized carbons (Fsp3) is 0.923. The Balaban J connectivity index is 0.00000162. The first kappa shape index (κ1) is 16.4. The Kier molecular flexibility index (Phi) is 8.46. The maximum atomic E-state index is 4.65. The van der Waals surface area contributed by atoms with Gasteiger partial charge in [0.25, 0.3) is 0 Å². The maximum absolute atomic E-state index is 4.65. The van der Waals surface area contributed by atoms with E-state index >= 15 is 0 Å². The number of aliphatic imine (C=N–C) groups is 1. The highest BCUT2D eigenvalue weighted by Crippen LogP contribution is 2.28. The lowest BCUT2D eigenvalue weighted by atomic mass is 10.0. The Morgan fingerprint density at radius 3 is 2.44 bits per heavy atom. The van der Waals surface area contributed by atoms with E-state index in [4.69, 9.17) is 0 Å². The number of guanidine groups is 1. The molecule has 0 spiro atoms. The molecule has 2 N–H and O–H groups in total. The first-order chi connectivity index (χ1) is 8.38. The van der Waals surface area contributed by atoms with Crippen LogP contribution in [-0.2, 0) is 0 Å². The Hall–Kier alpha value is 0.350. The Labute approximate surface area is 132 Å². The molecule has 0 unspecified atom stereocenters. The second-order valence-corrected chi connectivity index (χ2v) is 6.32. The van der Waals surface area contributed by atoms with Crippen LogP contribution in [0, 0.1) is 11.8 Å². The van der Waals surface area contributed by atoms with Gasteiger partial charge in [0, 0.05) is 19.6 Å². The first-order valence-electron chi connectivity index (χ1n) is 6.98. The molecule has 5 heteroatoms. The fourth-order valence-electron chi connectivity index (χ4n) is 2.05. The molecule has 0 aromatic heterocycles. The summed E-state index contributed by atoms with van der Waals surface area (Å²) in [4.78, 5) is 4.65. The smallest absolute Gasteiger partial charge is 0.191 e. The van der Waals surface area contributed by atoms with Gasteiger partial charge in [0.1, 0.15) is 0 Å². The lowest BCUT2D eigenvalue weighted by Gasteiger charge is -2.22. The molecule has 0 aromatic rings. The van der Waals surface area contributed by atoms with Gasteiger partial charge in [0.15, 0.2) is 5.96 Å². The van der Waals surface area contributed by atoms with Gasteiger partial charge in [0.05, 0.1) is 0 Å². The zero-order chi connectivity index (χ0) is 11.9. The average Bonchev–Trinajstić information content (AvgIpc) is 3.18. The van der Waals surface area contributed by atoms with Gasteiger partial charge in [-0.25, -0.2) is 0 Å². The van der Waals surface area contributed by atoms with E-state index in [1.54, 1.807) is 0 Å². The zero-order valence-corrected chi connectivity index (χ0v) is 14.4. The van der Waals surface area contributed by atoms with Crippen LogP contribution in [0.15, 0.2) is 4.99 Å². The molecule has 0 atom stereocenters. The van der Waals surface area contributed by atoms with Gasteiger partial charge in [-0.2, -0.15) is 11.8 Å². The molecule has 1 aliphatic heterocycles. The van der Waals surface area contributed by atoms with E-state index in [9.17, 15) is 0 Å². The third kappa shape index (κ3) is 6.50. The summed E-state index contributed by atoms with van der Waals surface area (Å²) in [7, 11) is 0. The van der Waals surface area contributed by atoms with Gasteiger partial charge in [-0.1, -0.05) is 0 Å². The van der Waals surface area contributed by atoms with Crippen LogP contribution in [-0.4, -0.2) is 37.1 Å². The summed E-state index contributed by atoms with van der Waals surface area (Å²) in [5, 5.41) is 6.84. The minimum absolute atomic E-state index is 0. The van der Waals surface area contributed by atoms with Crippen molar-refractivity contribution >= 4 is 41.7 Å². The SMILES string of the molecule is CCNC(=NCC1CC1)NCC1CCSCC1.I. The van der Waals surface area contributed by atoms with Crippen molar-refractivity contribution in [2.75, 3.05) is 31.1 Å². The van der Waals surface area contributed by atoms with Crippen LogP contribution >= 0.6 is 35.7 Å². The van der Waals surface area contributed by atoms with E-state index in [0.29, 0.717) is 0 Å². The van der Waals surface area contributed by atoms with E-state index < -0.39 is 0 Å². The summed E-state index contributed by atoms with van der Waals surface area (Å²) in [5.74, 6) is 5.42. The fourth-order valence-corrected chi connectivity index (χ4v) is 3.26. The normalized spacial score (nSPS) is 21.3. The molecule has 2 aliphatic rings. The molecule has 0 radical (unpaired) electrons. The predicted molar refractivity (Wildman–Crippen MR) is 92.2 cm³/mol. The first-order valence-corrected chi connectivity index (χ1v) is 8.14. The molecule has 2 rings (SSSR count). The number of halogens is 1. The van der Waals surface area contributed by atoms with Crippen molar-refractivity contribution in [3.05, 3.63) is 0 Å². The molecule has 3 nitrogen and oxygen atoms in total. The minimum atomic E-state index is 0. The van der Waals surface area contributed by atoms with Crippen molar-refractivity contribution < 1.29 is 0 Å². The number of hydrogen-bond acceptors (Lipinski definition) is 2. The van der Waals surface area contributed by atoms with E-state index in [-0.39, 0.29) is 24.0 Å².